The van der Waals surface area contributed by atoms with Gasteiger partial charge in [0.15, 0.2) is 11.5 Å². The SMILES string of the molecule is COc1cc(/C=N\n2c(=S)[nH][nH]c2=S)ccc1OCc1csc(C)n1. The van der Waals surface area contributed by atoms with E-state index in [2.05, 4.69) is 20.3 Å². The Hall–Kier alpha value is -2.30. The van der Waals surface area contributed by atoms with Crippen molar-refractivity contribution in [3.8, 4) is 11.5 Å². The van der Waals surface area contributed by atoms with Crippen LogP contribution in [-0.4, -0.2) is 33.2 Å². The van der Waals surface area contributed by atoms with Crippen LogP contribution in [0, 0.1) is 16.5 Å². The van der Waals surface area contributed by atoms with Gasteiger partial charge in [0.05, 0.1) is 24.0 Å². The third-order valence-corrected chi connectivity index (χ3v) is 4.59. The van der Waals surface area contributed by atoms with Gasteiger partial charge in [-0.2, -0.15) is 9.78 Å². The fourth-order valence-corrected chi connectivity index (χ4v) is 3.08. The van der Waals surface area contributed by atoms with Crippen molar-refractivity contribution in [1.29, 1.82) is 0 Å². The van der Waals surface area contributed by atoms with Gasteiger partial charge in [0.25, 0.3) is 0 Å². The number of H-pyrrole nitrogens is 2. The van der Waals surface area contributed by atoms with Crippen molar-refractivity contribution in [3.05, 3.63) is 49.4 Å². The normalized spacial score (nSPS) is 11.1. The molecule has 0 fully saturated rings. The zero-order chi connectivity index (χ0) is 17.8. The van der Waals surface area contributed by atoms with Crippen molar-refractivity contribution in [1.82, 2.24) is 19.9 Å². The summed E-state index contributed by atoms with van der Waals surface area (Å²) < 4.78 is 13.4. The van der Waals surface area contributed by atoms with Crippen LogP contribution in [0.3, 0.4) is 0 Å². The molecule has 0 saturated carbocycles. The number of thiazole rings is 1. The number of ether oxygens (including phenoxy) is 2. The number of hydrogen-bond donors (Lipinski definition) is 2. The quantitative estimate of drug-likeness (QED) is 0.491. The number of rotatable bonds is 6. The summed E-state index contributed by atoms with van der Waals surface area (Å²) in [5, 5.41) is 12.7. The van der Waals surface area contributed by atoms with Gasteiger partial charge in [-0.25, -0.2) is 4.98 Å². The highest BCUT2D eigenvalue weighted by molar-refractivity contribution is 7.72. The van der Waals surface area contributed by atoms with Crippen LogP contribution in [0.5, 0.6) is 11.5 Å². The summed E-state index contributed by atoms with van der Waals surface area (Å²) in [7, 11) is 1.59. The number of aromatic nitrogens is 4. The molecule has 25 heavy (non-hydrogen) atoms. The van der Waals surface area contributed by atoms with Gasteiger partial charge in [0.2, 0.25) is 9.54 Å². The molecule has 130 valence electrons. The fraction of sp³-hybridized carbons (Fsp3) is 0.200. The van der Waals surface area contributed by atoms with Crippen LogP contribution in [0.1, 0.15) is 16.3 Å². The Morgan fingerprint density at radius 1 is 1.28 bits per heavy atom. The lowest BCUT2D eigenvalue weighted by Crippen LogP contribution is -1.99. The van der Waals surface area contributed by atoms with Gasteiger partial charge in [-0.05, 0) is 55.1 Å². The van der Waals surface area contributed by atoms with Crippen molar-refractivity contribution in [3.63, 3.8) is 0 Å². The van der Waals surface area contributed by atoms with Gasteiger partial charge in [0.1, 0.15) is 6.61 Å². The molecule has 0 aliphatic heterocycles. The molecular formula is C15H15N5O2S3. The maximum atomic E-state index is 5.80. The topological polar surface area (TPSA) is 80.2 Å². The van der Waals surface area contributed by atoms with Crippen LogP contribution >= 0.6 is 35.8 Å². The van der Waals surface area contributed by atoms with Gasteiger partial charge in [-0.3, -0.25) is 10.2 Å². The summed E-state index contributed by atoms with van der Waals surface area (Å²) >= 11 is 11.8. The van der Waals surface area contributed by atoms with E-state index < -0.39 is 0 Å². The molecule has 7 nitrogen and oxygen atoms in total. The van der Waals surface area contributed by atoms with E-state index in [4.69, 9.17) is 33.9 Å². The first-order valence-corrected chi connectivity index (χ1v) is 8.92. The van der Waals surface area contributed by atoms with E-state index in [1.807, 2.05) is 30.5 Å². The van der Waals surface area contributed by atoms with Gasteiger partial charge in [-0.15, -0.1) is 11.3 Å². The van der Waals surface area contributed by atoms with Crippen molar-refractivity contribution in [2.24, 2.45) is 5.10 Å². The van der Waals surface area contributed by atoms with Gasteiger partial charge >= 0.3 is 0 Å². The molecule has 1 aromatic carbocycles. The monoisotopic (exact) mass is 393 g/mol. The van der Waals surface area contributed by atoms with Crippen LogP contribution in [0.15, 0.2) is 28.7 Å². The average Bonchev–Trinajstić information content (AvgIpc) is 3.17. The number of aryl methyl sites for hydroxylation is 1. The van der Waals surface area contributed by atoms with Crippen LogP contribution < -0.4 is 9.47 Å². The molecule has 0 aliphatic carbocycles. The summed E-state index contributed by atoms with van der Waals surface area (Å²) in [6.45, 7) is 2.35. The van der Waals surface area contributed by atoms with Crippen LogP contribution in [-0.2, 0) is 6.61 Å². The smallest absolute Gasteiger partial charge is 0.215 e. The molecular weight excluding hydrogens is 378 g/mol. The van der Waals surface area contributed by atoms with Crippen molar-refractivity contribution < 1.29 is 9.47 Å². The zero-order valence-electron chi connectivity index (χ0n) is 13.5. The van der Waals surface area contributed by atoms with Gasteiger partial charge in [-0.1, -0.05) is 0 Å². The second-order valence-corrected chi connectivity index (χ2v) is 6.81. The highest BCUT2D eigenvalue weighted by Gasteiger charge is 2.07. The molecule has 3 rings (SSSR count). The molecule has 2 N–H and O–H groups in total. The standard InChI is InChI=1S/C15H15N5O2S3/c1-9-17-11(8-25-9)7-22-12-4-3-10(5-13(12)21-2)6-16-20-14(23)18-19-15(20)24/h3-6,8H,7H2,1-2H3,(H,18,23)(H,19,24)/b16-6-. The summed E-state index contributed by atoms with van der Waals surface area (Å²) in [5.74, 6) is 1.25. The largest absolute Gasteiger partial charge is 0.493 e. The van der Waals surface area contributed by atoms with Crippen molar-refractivity contribution in [2.45, 2.75) is 13.5 Å². The highest BCUT2D eigenvalue weighted by atomic mass is 32.1. The van der Waals surface area contributed by atoms with E-state index in [0.717, 1.165) is 16.3 Å². The predicted octanol–water partition coefficient (Wildman–Crippen LogP) is 3.84. The van der Waals surface area contributed by atoms with E-state index in [0.29, 0.717) is 27.6 Å². The molecule has 0 bridgehead atoms. The molecule has 0 unspecified atom stereocenters. The minimum atomic E-state index is 0.391. The Morgan fingerprint density at radius 2 is 2.04 bits per heavy atom. The minimum absolute atomic E-state index is 0.391. The molecule has 0 amide bonds. The number of nitrogens with one attached hydrogen (secondary N) is 2. The summed E-state index contributed by atoms with van der Waals surface area (Å²) in [5.41, 5.74) is 1.72. The molecule has 0 atom stereocenters. The average molecular weight is 394 g/mol. The lowest BCUT2D eigenvalue weighted by Gasteiger charge is -2.10. The second kappa shape index (κ2) is 7.72. The lowest BCUT2D eigenvalue weighted by molar-refractivity contribution is 0.281. The van der Waals surface area contributed by atoms with Crippen LogP contribution in [0.25, 0.3) is 0 Å². The lowest BCUT2D eigenvalue weighted by atomic mass is 10.2. The summed E-state index contributed by atoms with van der Waals surface area (Å²) in [6, 6.07) is 5.53. The first kappa shape index (κ1) is 17.5. The Bertz CT molecular complexity index is 987. The number of methoxy groups -OCH3 is 1. The number of benzene rings is 1. The van der Waals surface area contributed by atoms with Crippen molar-refractivity contribution in [2.75, 3.05) is 7.11 Å². The molecule has 2 aromatic heterocycles. The summed E-state index contributed by atoms with van der Waals surface area (Å²) in [6.07, 6.45) is 1.64. The molecule has 0 spiro atoms. The molecule has 2 heterocycles. The Kier molecular flexibility index (Phi) is 5.41. The maximum absolute atomic E-state index is 5.80. The van der Waals surface area contributed by atoms with E-state index in [-0.39, 0.29) is 0 Å². The van der Waals surface area contributed by atoms with Gasteiger partial charge < -0.3 is 9.47 Å². The molecule has 10 heteroatoms. The van der Waals surface area contributed by atoms with Gasteiger partial charge in [0, 0.05) is 5.38 Å². The van der Waals surface area contributed by atoms with E-state index >= 15 is 0 Å². The minimum Gasteiger partial charge on any atom is -0.493 e. The molecule has 0 radical (unpaired) electrons. The Morgan fingerprint density at radius 3 is 2.68 bits per heavy atom. The predicted molar refractivity (Wildman–Crippen MR) is 102 cm³/mol. The second-order valence-electron chi connectivity index (χ2n) is 4.97. The third kappa shape index (κ3) is 4.21. The molecule has 0 saturated heterocycles. The van der Waals surface area contributed by atoms with E-state index in [1.165, 1.54) is 4.68 Å². The molecule has 0 aliphatic rings. The zero-order valence-corrected chi connectivity index (χ0v) is 15.9. The maximum Gasteiger partial charge on any atom is 0.215 e. The Balaban J connectivity index is 1.77. The van der Waals surface area contributed by atoms with E-state index in [9.17, 15) is 0 Å². The number of nitrogens with zero attached hydrogens (tertiary/aromatic N) is 3. The number of hydrogen-bond acceptors (Lipinski definition) is 7. The molecule has 3 aromatic rings. The van der Waals surface area contributed by atoms with E-state index in [1.54, 1.807) is 24.7 Å². The van der Waals surface area contributed by atoms with Crippen LogP contribution in [0.4, 0.5) is 0 Å². The first-order valence-electron chi connectivity index (χ1n) is 7.22. The summed E-state index contributed by atoms with van der Waals surface area (Å²) in [4.78, 5) is 4.38. The Labute approximate surface area is 158 Å². The van der Waals surface area contributed by atoms with Crippen molar-refractivity contribution >= 4 is 42.0 Å². The van der Waals surface area contributed by atoms with Crippen LogP contribution in [0.2, 0.25) is 0 Å². The fourth-order valence-electron chi connectivity index (χ4n) is 2.04. The number of aromatic amines is 2. The first-order chi connectivity index (χ1) is 12.1. The highest BCUT2D eigenvalue weighted by Crippen LogP contribution is 2.28. The third-order valence-electron chi connectivity index (χ3n) is 3.21.